The molecule has 0 radical (unpaired) electrons. The van der Waals surface area contributed by atoms with E-state index in [0.717, 1.165) is 30.1 Å². The van der Waals surface area contributed by atoms with Crippen molar-refractivity contribution in [2.45, 2.75) is 49.3 Å². The average molecular weight is 302 g/mol. The van der Waals surface area contributed by atoms with Gasteiger partial charge >= 0.3 is 0 Å². The normalized spacial score (nSPS) is 17.6. The molecule has 0 aliphatic heterocycles. The second kappa shape index (κ2) is 6.35. The van der Waals surface area contributed by atoms with Gasteiger partial charge in [0, 0.05) is 10.9 Å². The Hall–Kier alpha value is -0.430. The van der Waals surface area contributed by atoms with Gasteiger partial charge in [-0.3, -0.25) is 0 Å². The molecule has 3 N–H and O–H groups in total. The van der Waals surface area contributed by atoms with Crippen LogP contribution in [0.4, 0.5) is 0 Å². The van der Waals surface area contributed by atoms with Crippen LogP contribution in [0.25, 0.3) is 0 Å². The SMILES string of the molecule is CCC(CC1CC1)NS(=O)(=O)c1ccc(CCN)s1. The molecule has 0 saturated heterocycles. The zero-order valence-corrected chi connectivity index (χ0v) is 12.9. The van der Waals surface area contributed by atoms with Crippen molar-refractivity contribution in [3.05, 3.63) is 17.0 Å². The van der Waals surface area contributed by atoms with Crippen LogP contribution in [-0.4, -0.2) is 21.0 Å². The summed E-state index contributed by atoms with van der Waals surface area (Å²) < 4.78 is 27.8. The Morgan fingerprint density at radius 1 is 1.47 bits per heavy atom. The number of thiophene rings is 1. The molecular formula is C13H22N2O2S2. The van der Waals surface area contributed by atoms with Gasteiger partial charge in [0.1, 0.15) is 4.21 Å². The minimum atomic E-state index is -3.36. The van der Waals surface area contributed by atoms with E-state index in [1.54, 1.807) is 6.07 Å². The monoisotopic (exact) mass is 302 g/mol. The Morgan fingerprint density at radius 3 is 2.79 bits per heavy atom. The van der Waals surface area contributed by atoms with E-state index in [1.165, 1.54) is 24.2 Å². The zero-order chi connectivity index (χ0) is 13.9. The fourth-order valence-electron chi connectivity index (χ4n) is 2.11. The lowest BCUT2D eigenvalue weighted by Gasteiger charge is -2.15. The molecule has 6 heteroatoms. The first-order chi connectivity index (χ1) is 9.05. The number of hydrogen-bond donors (Lipinski definition) is 2. The first kappa shape index (κ1) is 15.0. The molecule has 1 aromatic heterocycles. The van der Waals surface area contributed by atoms with E-state index in [9.17, 15) is 8.42 Å². The summed E-state index contributed by atoms with van der Waals surface area (Å²) in [5.41, 5.74) is 5.48. The van der Waals surface area contributed by atoms with Crippen molar-refractivity contribution >= 4 is 21.4 Å². The molecule has 1 fully saturated rings. The van der Waals surface area contributed by atoms with Crippen LogP contribution >= 0.6 is 11.3 Å². The summed E-state index contributed by atoms with van der Waals surface area (Å²) in [6.45, 7) is 2.58. The van der Waals surface area contributed by atoms with Crippen molar-refractivity contribution in [1.29, 1.82) is 0 Å². The number of nitrogens with two attached hydrogens (primary N) is 1. The Kier molecular flexibility index (Phi) is 5.00. The van der Waals surface area contributed by atoms with Gasteiger partial charge < -0.3 is 5.73 Å². The Bertz CT molecular complexity index is 506. The van der Waals surface area contributed by atoms with Crippen LogP contribution in [0.1, 0.15) is 37.5 Å². The van der Waals surface area contributed by atoms with Crippen molar-refractivity contribution in [2.24, 2.45) is 11.7 Å². The molecule has 4 nitrogen and oxygen atoms in total. The van der Waals surface area contributed by atoms with Gasteiger partial charge in [-0.25, -0.2) is 13.1 Å². The molecule has 1 aliphatic carbocycles. The molecule has 19 heavy (non-hydrogen) atoms. The summed E-state index contributed by atoms with van der Waals surface area (Å²) in [6, 6.07) is 3.60. The molecule has 108 valence electrons. The second-order valence-corrected chi connectivity index (χ2v) is 8.27. The van der Waals surface area contributed by atoms with Crippen molar-refractivity contribution in [3.8, 4) is 0 Å². The third kappa shape index (κ3) is 4.27. The number of nitrogens with one attached hydrogen (secondary N) is 1. The highest BCUT2D eigenvalue weighted by molar-refractivity contribution is 7.91. The highest BCUT2D eigenvalue weighted by Crippen LogP contribution is 2.34. The topological polar surface area (TPSA) is 72.2 Å². The average Bonchev–Trinajstić information content (AvgIpc) is 3.04. The molecule has 1 aliphatic rings. The van der Waals surface area contributed by atoms with E-state index in [1.807, 2.05) is 13.0 Å². The minimum absolute atomic E-state index is 0.0672. The fourth-order valence-corrected chi connectivity index (χ4v) is 4.83. The number of rotatable bonds is 8. The van der Waals surface area contributed by atoms with Gasteiger partial charge in [-0.1, -0.05) is 19.8 Å². The van der Waals surface area contributed by atoms with Crippen molar-refractivity contribution < 1.29 is 8.42 Å². The highest BCUT2D eigenvalue weighted by atomic mass is 32.2. The van der Waals surface area contributed by atoms with Gasteiger partial charge in [-0.05, 0) is 43.9 Å². The predicted molar refractivity (Wildman–Crippen MR) is 78.8 cm³/mol. The molecule has 2 rings (SSSR count). The third-order valence-corrected chi connectivity index (χ3v) is 6.58. The molecule has 1 unspecified atom stereocenters. The van der Waals surface area contributed by atoms with Gasteiger partial charge in [0.05, 0.1) is 0 Å². The number of hydrogen-bond acceptors (Lipinski definition) is 4. The van der Waals surface area contributed by atoms with E-state index in [2.05, 4.69) is 4.72 Å². The molecular weight excluding hydrogens is 280 g/mol. The van der Waals surface area contributed by atoms with E-state index in [-0.39, 0.29) is 6.04 Å². The summed E-state index contributed by atoms with van der Waals surface area (Å²) >= 11 is 1.32. The molecule has 0 bridgehead atoms. The van der Waals surface area contributed by atoms with Gasteiger partial charge in [-0.2, -0.15) is 0 Å². The van der Waals surface area contributed by atoms with Crippen LogP contribution in [0.15, 0.2) is 16.3 Å². The van der Waals surface area contributed by atoms with Gasteiger partial charge in [0.15, 0.2) is 0 Å². The Labute approximate surface area is 119 Å². The van der Waals surface area contributed by atoms with Gasteiger partial charge in [0.2, 0.25) is 10.0 Å². The maximum atomic E-state index is 12.3. The summed E-state index contributed by atoms with van der Waals surface area (Å²) in [5, 5.41) is 0. The lowest BCUT2D eigenvalue weighted by Crippen LogP contribution is -2.34. The lowest BCUT2D eigenvalue weighted by atomic mass is 10.1. The van der Waals surface area contributed by atoms with E-state index in [4.69, 9.17) is 5.73 Å². The molecule has 0 aromatic carbocycles. The van der Waals surface area contributed by atoms with Crippen molar-refractivity contribution in [3.63, 3.8) is 0 Å². The Balaban J connectivity index is 2.02. The van der Waals surface area contributed by atoms with Crippen molar-refractivity contribution in [2.75, 3.05) is 6.54 Å². The quantitative estimate of drug-likeness (QED) is 0.772. The van der Waals surface area contributed by atoms with E-state index < -0.39 is 10.0 Å². The lowest BCUT2D eigenvalue weighted by molar-refractivity contribution is 0.496. The molecule has 1 heterocycles. The predicted octanol–water partition coefficient (Wildman–Crippen LogP) is 2.11. The summed E-state index contributed by atoms with van der Waals surface area (Å²) in [7, 11) is -3.36. The molecule has 0 amide bonds. The smallest absolute Gasteiger partial charge is 0.250 e. The maximum absolute atomic E-state index is 12.3. The third-order valence-electron chi connectivity index (χ3n) is 3.42. The van der Waals surface area contributed by atoms with Crippen LogP contribution in [0.5, 0.6) is 0 Å². The van der Waals surface area contributed by atoms with E-state index >= 15 is 0 Å². The van der Waals surface area contributed by atoms with Crippen LogP contribution in [0.3, 0.4) is 0 Å². The summed E-state index contributed by atoms with van der Waals surface area (Å²) in [5.74, 6) is 0.726. The Morgan fingerprint density at radius 2 is 2.21 bits per heavy atom. The van der Waals surface area contributed by atoms with Gasteiger partial charge in [-0.15, -0.1) is 11.3 Å². The standard InChI is InChI=1S/C13H22N2O2S2/c1-2-11(9-10-3-4-10)15-19(16,17)13-6-5-12(18-13)7-8-14/h5-6,10-11,15H,2-4,7-9,14H2,1H3. The van der Waals surface area contributed by atoms with Crippen LogP contribution in [-0.2, 0) is 16.4 Å². The minimum Gasteiger partial charge on any atom is -0.330 e. The largest absolute Gasteiger partial charge is 0.330 e. The highest BCUT2D eigenvalue weighted by Gasteiger charge is 2.28. The van der Waals surface area contributed by atoms with Crippen LogP contribution < -0.4 is 10.5 Å². The second-order valence-electron chi connectivity index (χ2n) is 5.16. The molecule has 0 spiro atoms. The van der Waals surface area contributed by atoms with Crippen LogP contribution in [0, 0.1) is 5.92 Å². The zero-order valence-electron chi connectivity index (χ0n) is 11.3. The summed E-state index contributed by atoms with van der Waals surface area (Å²) in [6.07, 6.45) is 5.04. The first-order valence-corrected chi connectivity index (χ1v) is 9.16. The van der Waals surface area contributed by atoms with Crippen LogP contribution in [0.2, 0.25) is 0 Å². The van der Waals surface area contributed by atoms with E-state index in [0.29, 0.717) is 10.8 Å². The van der Waals surface area contributed by atoms with Crippen molar-refractivity contribution in [1.82, 2.24) is 4.72 Å². The first-order valence-electron chi connectivity index (χ1n) is 6.86. The van der Waals surface area contributed by atoms with Gasteiger partial charge in [0.25, 0.3) is 0 Å². The molecule has 1 saturated carbocycles. The fraction of sp³-hybridized carbons (Fsp3) is 0.692. The summed E-state index contributed by atoms with van der Waals surface area (Å²) in [4.78, 5) is 1.03. The maximum Gasteiger partial charge on any atom is 0.250 e. The molecule has 1 aromatic rings. The molecule has 1 atom stereocenters. The number of sulfonamides is 1.